The minimum Gasteiger partial charge on any atom is -0.402 e. The summed E-state index contributed by atoms with van der Waals surface area (Å²) in [5, 5.41) is 0. The van der Waals surface area contributed by atoms with Gasteiger partial charge in [0.15, 0.2) is 5.70 Å². The van der Waals surface area contributed by atoms with Gasteiger partial charge in [-0.1, -0.05) is 36.4 Å². The molecule has 0 N–H and O–H groups in total. The maximum absolute atomic E-state index is 11.8. The Morgan fingerprint density at radius 3 is 2.60 bits per heavy atom. The van der Waals surface area contributed by atoms with Crippen LogP contribution in [0.2, 0.25) is 0 Å². The molecular formula is C16H10INO2. The van der Waals surface area contributed by atoms with Gasteiger partial charge in [-0.3, -0.25) is 0 Å². The molecule has 20 heavy (non-hydrogen) atoms. The van der Waals surface area contributed by atoms with Crippen LogP contribution in [0.4, 0.5) is 0 Å². The average Bonchev–Trinajstić information content (AvgIpc) is 2.81. The minimum atomic E-state index is -0.414. The molecule has 0 aromatic heterocycles. The van der Waals surface area contributed by atoms with E-state index in [1.165, 1.54) is 0 Å². The van der Waals surface area contributed by atoms with Gasteiger partial charge in [-0.25, -0.2) is 9.79 Å². The van der Waals surface area contributed by atoms with Crippen LogP contribution in [0.3, 0.4) is 0 Å². The molecule has 3 rings (SSSR count). The molecule has 1 aliphatic heterocycles. The lowest BCUT2D eigenvalue weighted by Gasteiger charge is -1.99. The van der Waals surface area contributed by atoms with E-state index < -0.39 is 5.97 Å². The largest absolute Gasteiger partial charge is 0.402 e. The molecule has 1 aliphatic rings. The van der Waals surface area contributed by atoms with Crippen LogP contribution < -0.4 is 0 Å². The maximum Gasteiger partial charge on any atom is 0.363 e. The van der Waals surface area contributed by atoms with E-state index in [1.54, 1.807) is 6.08 Å². The van der Waals surface area contributed by atoms with Crippen LogP contribution in [0.5, 0.6) is 0 Å². The summed E-state index contributed by atoms with van der Waals surface area (Å²) in [6, 6.07) is 17.3. The second kappa shape index (κ2) is 5.58. The second-order valence-electron chi connectivity index (χ2n) is 4.26. The minimum absolute atomic E-state index is 0.324. The number of hydrogen-bond acceptors (Lipinski definition) is 3. The van der Waals surface area contributed by atoms with E-state index in [2.05, 4.69) is 27.6 Å². The van der Waals surface area contributed by atoms with E-state index in [0.717, 1.165) is 14.7 Å². The molecule has 98 valence electrons. The van der Waals surface area contributed by atoms with Crippen LogP contribution in [0.25, 0.3) is 6.08 Å². The Bertz CT molecular complexity index is 720. The van der Waals surface area contributed by atoms with E-state index in [0.29, 0.717) is 11.6 Å². The Morgan fingerprint density at radius 1 is 1.05 bits per heavy atom. The number of ether oxygens (including phenoxy) is 1. The number of nitrogens with zero attached hydrogens (tertiary/aromatic N) is 1. The molecule has 0 bridgehead atoms. The van der Waals surface area contributed by atoms with Crippen LogP contribution >= 0.6 is 22.6 Å². The molecule has 0 unspecified atom stereocenters. The summed E-state index contributed by atoms with van der Waals surface area (Å²) >= 11 is 2.21. The normalized spacial score (nSPS) is 16.1. The van der Waals surface area contributed by atoms with Crippen molar-refractivity contribution in [2.45, 2.75) is 0 Å². The van der Waals surface area contributed by atoms with Crippen LogP contribution in [0.15, 0.2) is 65.3 Å². The van der Waals surface area contributed by atoms with Gasteiger partial charge in [0.25, 0.3) is 0 Å². The number of hydrogen-bond donors (Lipinski definition) is 0. The van der Waals surface area contributed by atoms with Crippen LogP contribution in [-0.2, 0) is 9.53 Å². The summed E-state index contributed by atoms with van der Waals surface area (Å²) in [7, 11) is 0. The molecule has 1 heterocycles. The molecule has 0 spiro atoms. The third-order valence-corrected chi connectivity index (χ3v) is 3.47. The van der Waals surface area contributed by atoms with Crippen molar-refractivity contribution in [2.75, 3.05) is 0 Å². The van der Waals surface area contributed by atoms with Gasteiger partial charge in [-0.15, -0.1) is 0 Å². The Balaban J connectivity index is 1.95. The Labute approximate surface area is 130 Å². The fourth-order valence-corrected chi connectivity index (χ4v) is 2.40. The quantitative estimate of drug-likeness (QED) is 0.457. The molecule has 0 radical (unpaired) electrons. The van der Waals surface area contributed by atoms with E-state index in [9.17, 15) is 4.79 Å². The highest BCUT2D eigenvalue weighted by molar-refractivity contribution is 14.1. The maximum atomic E-state index is 11.8. The van der Waals surface area contributed by atoms with Gasteiger partial charge < -0.3 is 4.74 Å². The molecule has 0 atom stereocenters. The van der Waals surface area contributed by atoms with Crippen molar-refractivity contribution in [1.82, 2.24) is 0 Å². The van der Waals surface area contributed by atoms with Crippen molar-refractivity contribution in [2.24, 2.45) is 4.99 Å². The number of carbonyl (C=O) groups is 1. The van der Waals surface area contributed by atoms with Gasteiger partial charge in [0.1, 0.15) is 0 Å². The van der Waals surface area contributed by atoms with E-state index >= 15 is 0 Å². The van der Waals surface area contributed by atoms with E-state index in [1.807, 2.05) is 54.6 Å². The third kappa shape index (κ3) is 2.80. The highest BCUT2D eigenvalue weighted by atomic mass is 127. The lowest BCUT2D eigenvalue weighted by atomic mass is 10.2. The number of cyclic esters (lactones) is 1. The summed E-state index contributed by atoms with van der Waals surface area (Å²) in [5.41, 5.74) is 2.05. The summed E-state index contributed by atoms with van der Waals surface area (Å²) in [6.07, 6.45) is 1.73. The van der Waals surface area contributed by atoms with Gasteiger partial charge in [-0.05, 0) is 52.4 Å². The zero-order chi connectivity index (χ0) is 13.9. The first-order chi connectivity index (χ1) is 9.72. The number of benzene rings is 2. The summed E-state index contributed by atoms with van der Waals surface area (Å²) in [6.45, 7) is 0. The number of aliphatic imine (C=N–C) groups is 1. The molecule has 0 saturated heterocycles. The van der Waals surface area contributed by atoms with E-state index in [-0.39, 0.29) is 0 Å². The van der Waals surface area contributed by atoms with Crippen molar-refractivity contribution in [3.8, 4) is 0 Å². The number of carbonyl (C=O) groups excluding carboxylic acids is 1. The van der Waals surface area contributed by atoms with Crippen molar-refractivity contribution in [1.29, 1.82) is 0 Å². The molecule has 0 amide bonds. The molecule has 0 fully saturated rings. The monoisotopic (exact) mass is 375 g/mol. The lowest BCUT2D eigenvalue weighted by molar-refractivity contribution is -0.129. The van der Waals surface area contributed by atoms with Gasteiger partial charge in [0.2, 0.25) is 5.90 Å². The molecule has 0 aliphatic carbocycles. The standard InChI is InChI=1S/C16H10INO2/c17-13-8-4-7-12(10-13)15-18-14(16(19)20-15)9-11-5-2-1-3-6-11/h1-10H/b14-9+. The van der Waals surface area contributed by atoms with Crippen LogP contribution in [-0.4, -0.2) is 11.9 Å². The molecule has 2 aromatic rings. The van der Waals surface area contributed by atoms with Crippen molar-refractivity contribution >= 4 is 40.5 Å². The Morgan fingerprint density at radius 2 is 1.85 bits per heavy atom. The van der Waals surface area contributed by atoms with Crippen molar-refractivity contribution in [3.63, 3.8) is 0 Å². The lowest BCUT2D eigenvalue weighted by Crippen LogP contribution is -2.05. The zero-order valence-electron chi connectivity index (χ0n) is 10.4. The third-order valence-electron chi connectivity index (χ3n) is 2.80. The predicted molar refractivity (Wildman–Crippen MR) is 86.2 cm³/mol. The topological polar surface area (TPSA) is 38.7 Å². The first-order valence-electron chi connectivity index (χ1n) is 6.06. The van der Waals surface area contributed by atoms with Gasteiger partial charge in [-0.2, -0.15) is 0 Å². The van der Waals surface area contributed by atoms with Gasteiger partial charge in [0, 0.05) is 9.13 Å². The average molecular weight is 375 g/mol. The predicted octanol–water partition coefficient (Wildman–Crippen LogP) is 3.64. The Kier molecular flexibility index (Phi) is 3.64. The SMILES string of the molecule is O=C1OC(c2cccc(I)c2)=N/C1=C/c1ccccc1. The van der Waals surface area contributed by atoms with Gasteiger partial charge >= 0.3 is 5.97 Å². The summed E-state index contributed by atoms with van der Waals surface area (Å²) < 4.78 is 6.30. The molecule has 2 aromatic carbocycles. The Hall–Kier alpha value is -1.95. The first kappa shape index (κ1) is 13.1. The van der Waals surface area contributed by atoms with Crippen molar-refractivity contribution < 1.29 is 9.53 Å². The highest BCUT2D eigenvalue weighted by Crippen LogP contribution is 2.20. The van der Waals surface area contributed by atoms with Gasteiger partial charge in [0.05, 0.1) is 0 Å². The first-order valence-corrected chi connectivity index (χ1v) is 7.14. The summed E-state index contributed by atoms with van der Waals surface area (Å²) in [5.74, 6) is -0.0570. The zero-order valence-corrected chi connectivity index (χ0v) is 12.6. The fraction of sp³-hybridized carbons (Fsp3) is 0. The molecule has 3 nitrogen and oxygen atoms in total. The smallest absolute Gasteiger partial charge is 0.363 e. The molecular weight excluding hydrogens is 365 g/mol. The van der Waals surface area contributed by atoms with Crippen LogP contribution in [0.1, 0.15) is 11.1 Å². The van der Waals surface area contributed by atoms with Crippen molar-refractivity contribution in [3.05, 3.63) is 75.0 Å². The number of rotatable bonds is 2. The number of esters is 1. The molecule has 0 saturated carbocycles. The second-order valence-corrected chi connectivity index (χ2v) is 5.50. The summed E-state index contributed by atoms with van der Waals surface area (Å²) in [4.78, 5) is 16.1. The molecule has 4 heteroatoms. The highest BCUT2D eigenvalue weighted by Gasteiger charge is 2.24. The van der Waals surface area contributed by atoms with E-state index in [4.69, 9.17) is 4.74 Å². The fourth-order valence-electron chi connectivity index (χ4n) is 1.86. The number of halogens is 1. The van der Waals surface area contributed by atoms with Crippen LogP contribution in [0, 0.1) is 3.57 Å².